The molecule has 0 spiro atoms. The van der Waals surface area contributed by atoms with Gasteiger partial charge in [-0.1, -0.05) is 23.9 Å². The molecule has 1 aliphatic heterocycles. The molecule has 2 aromatic carbocycles. The number of alkyl halides is 3. The topological polar surface area (TPSA) is 66.8 Å². The first kappa shape index (κ1) is 21.9. The predicted octanol–water partition coefficient (Wildman–Crippen LogP) is 4.96. The van der Waals surface area contributed by atoms with E-state index >= 15 is 0 Å². The predicted molar refractivity (Wildman–Crippen MR) is 106 cm³/mol. The number of halogens is 3. The lowest BCUT2D eigenvalue weighted by Crippen LogP contribution is -2.23. The summed E-state index contributed by atoms with van der Waals surface area (Å²) in [5, 5.41) is 10.3. The molecule has 5 nitrogen and oxygen atoms in total. The monoisotopic (exact) mass is 437 g/mol. The molecule has 0 saturated heterocycles. The summed E-state index contributed by atoms with van der Waals surface area (Å²) in [5.41, 5.74) is 0.993. The minimum absolute atomic E-state index is 0.252. The Morgan fingerprint density at radius 1 is 1.20 bits per heavy atom. The van der Waals surface area contributed by atoms with Crippen LogP contribution in [0.5, 0.6) is 0 Å². The average Bonchev–Trinajstić information content (AvgIpc) is 3.04. The lowest BCUT2D eigenvalue weighted by molar-refractivity contribution is -0.142. The first-order valence-electron chi connectivity index (χ1n) is 8.99. The van der Waals surface area contributed by atoms with Gasteiger partial charge in [0.1, 0.15) is 6.61 Å². The van der Waals surface area contributed by atoms with Crippen LogP contribution >= 0.6 is 11.8 Å². The zero-order valence-corrected chi connectivity index (χ0v) is 16.5. The van der Waals surface area contributed by atoms with Crippen molar-refractivity contribution in [1.82, 2.24) is 0 Å². The van der Waals surface area contributed by atoms with Crippen LogP contribution in [0.2, 0.25) is 0 Å². The maximum Gasteiger partial charge on any atom is 0.416 e. The molecule has 9 heteroatoms. The van der Waals surface area contributed by atoms with Crippen molar-refractivity contribution in [3.63, 3.8) is 0 Å². The van der Waals surface area contributed by atoms with Gasteiger partial charge in [-0.15, -0.1) is 0 Å². The number of anilines is 1. The Hall–Kier alpha value is -2.78. The van der Waals surface area contributed by atoms with E-state index in [0.29, 0.717) is 17.7 Å². The molecule has 0 unspecified atom stereocenters. The maximum absolute atomic E-state index is 12.8. The van der Waals surface area contributed by atoms with Crippen molar-refractivity contribution in [2.45, 2.75) is 24.0 Å². The van der Waals surface area contributed by atoms with E-state index in [-0.39, 0.29) is 25.7 Å². The zero-order chi connectivity index (χ0) is 21.7. The fraction of sp³-hybridized carbons (Fsp3) is 0.238. The summed E-state index contributed by atoms with van der Waals surface area (Å²) in [7, 11) is 0. The van der Waals surface area contributed by atoms with Gasteiger partial charge >= 0.3 is 12.1 Å². The summed E-state index contributed by atoms with van der Waals surface area (Å²) < 4.78 is 43.3. The van der Waals surface area contributed by atoms with Crippen LogP contribution in [-0.2, 0) is 22.3 Å². The van der Waals surface area contributed by atoms with E-state index in [2.05, 4.69) is 0 Å². The Bertz CT molecular complexity index is 958. The van der Waals surface area contributed by atoms with Crippen LogP contribution in [0.1, 0.15) is 27.9 Å². The highest BCUT2D eigenvalue weighted by molar-refractivity contribution is 8.02. The van der Waals surface area contributed by atoms with E-state index in [1.807, 2.05) is 17.6 Å². The third-order valence-corrected chi connectivity index (χ3v) is 5.34. The molecular weight excluding hydrogens is 419 g/mol. The summed E-state index contributed by atoms with van der Waals surface area (Å²) >= 11 is 1.42. The number of carbonyl (C=O) groups is 2. The number of benzene rings is 2. The molecule has 3 rings (SSSR count). The minimum atomic E-state index is -4.43. The Balaban J connectivity index is 1.66. The fourth-order valence-electron chi connectivity index (χ4n) is 2.95. The van der Waals surface area contributed by atoms with Crippen LogP contribution in [0.4, 0.5) is 18.9 Å². The van der Waals surface area contributed by atoms with Crippen LogP contribution in [0.15, 0.2) is 58.8 Å². The second-order valence-electron chi connectivity index (χ2n) is 6.44. The van der Waals surface area contributed by atoms with Crippen LogP contribution < -0.4 is 4.90 Å². The number of rotatable bonds is 8. The van der Waals surface area contributed by atoms with Crippen molar-refractivity contribution in [1.29, 1.82) is 0 Å². The lowest BCUT2D eigenvalue weighted by atomic mass is 10.1. The summed E-state index contributed by atoms with van der Waals surface area (Å²) in [4.78, 5) is 25.4. The molecule has 0 aliphatic carbocycles. The number of carboxylic acid groups (broad SMARTS) is 1. The molecule has 0 aromatic heterocycles. The second-order valence-corrected chi connectivity index (χ2v) is 7.39. The summed E-state index contributed by atoms with van der Waals surface area (Å²) in [6, 6.07) is 9.88. The van der Waals surface area contributed by atoms with Gasteiger partial charge in [0.05, 0.1) is 18.7 Å². The molecule has 0 bridgehead atoms. The Kier molecular flexibility index (Phi) is 6.84. The number of ether oxygens (including phenoxy) is 1. The lowest BCUT2D eigenvalue weighted by Gasteiger charge is -2.17. The summed E-state index contributed by atoms with van der Waals surface area (Å²) in [6.45, 7) is 0.226. The number of hydrogen-bond acceptors (Lipinski definition) is 4. The standard InChI is InChI=1S/C21H18F3NO4S/c22-21(23,24)14-6-8-15(9-7-14)25-12-17-16(20(25)28)4-3-5-18(17)30-11-2-1-10-29-13-19(26)27/h2-9,11H,1,10,12-13H2,(H,26,27)/b11-2+. The van der Waals surface area contributed by atoms with Crippen molar-refractivity contribution < 1.29 is 32.6 Å². The zero-order valence-electron chi connectivity index (χ0n) is 15.7. The molecule has 0 saturated carbocycles. The van der Waals surface area contributed by atoms with Crippen LogP contribution in [0.3, 0.4) is 0 Å². The van der Waals surface area contributed by atoms with E-state index in [9.17, 15) is 22.8 Å². The molecule has 1 aliphatic rings. The number of carbonyl (C=O) groups excluding carboxylic acids is 1. The van der Waals surface area contributed by atoms with Crippen LogP contribution in [-0.4, -0.2) is 30.2 Å². The molecule has 0 atom stereocenters. The van der Waals surface area contributed by atoms with Gasteiger partial charge < -0.3 is 14.7 Å². The normalized spacial score (nSPS) is 13.8. The van der Waals surface area contributed by atoms with Gasteiger partial charge in [-0.05, 0) is 53.8 Å². The van der Waals surface area contributed by atoms with Crippen molar-refractivity contribution in [2.24, 2.45) is 0 Å². The number of hydrogen-bond donors (Lipinski definition) is 1. The highest BCUT2D eigenvalue weighted by Crippen LogP contribution is 2.36. The minimum Gasteiger partial charge on any atom is -0.480 e. The van der Waals surface area contributed by atoms with Crippen LogP contribution in [0, 0.1) is 0 Å². The average molecular weight is 437 g/mol. The van der Waals surface area contributed by atoms with E-state index in [1.54, 1.807) is 12.1 Å². The van der Waals surface area contributed by atoms with Gasteiger partial charge in [-0.25, -0.2) is 4.79 Å². The Morgan fingerprint density at radius 3 is 2.60 bits per heavy atom. The van der Waals surface area contributed by atoms with Gasteiger partial charge in [0, 0.05) is 16.1 Å². The molecule has 158 valence electrons. The smallest absolute Gasteiger partial charge is 0.416 e. The van der Waals surface area contributed by atoms with Crippen LogP contribution in [0.25, 0.3) is 0 Å². The highest BCUT2D eigenvalue weighted by atomic mass is 32.2. The van der Waals surface area contributed by atoms with Gasteiger partial charge in [0.25, 0.3) is 5.91 Å². The fourth-order valence-corrected chi connectivity index (χ4v) is 3.81. The van der Waals surface area contributed by atoms with Crippen molar-refractivity contribution in [3.8, 4) is 0 Å². The third kappa shape index (κ3) is 5.22. The molecule has 1 heterocycles. The molecular formula is C21H18F3NO4S. The molecule has 1 N–H and O–H groups in total. The molecule has 2 aromatic rings. The molecule has 1 amide bonds. The number of fused-ring (bicyclic) bond motifs is 1. The first-order chi connectivity index (χ1) is 14.3. The number of thioether (sulfide) groups is 1. The maximum atomic E-state index is 12.8. The molecule has 0 fully saturated rings. The number of carboxylic acids is 1. The number of amides is 1. The highest BCUT2D eigenvalue weighted by Gasteiger charge is 2.33. The first-order valence-corrected chi connectivity index (χ1v) is 9.87. The SMILES string of the molecule is O=C(O)COCC/C=C/Sc1cccc2c1CN(c1ccc(C(F)(F)F)cc1)C2=O. The van der Waals surface area contributed by atoms with Crippen molar-refractivity contribution in [3.05, 3.63) is 70.6 Å². The molecule has 0 radical (unpaired) electrons. The van der Waals surface area contributed by atoms with E-state index < -0.39 is 17.7 Å². The van der Waals surface area contributed by atoms with Crippen molar-refractivity contribution in [2.75, 3.05) is 18.1 Å². The largest absolute Gasteiger partial charge is 0.480 e. The third-order valence-electron chi connectivity index (χ3n) is 4.38. The quantitative estimate of drug-likeness (QED) is 0.467. The summed E-state index contributed by atoms with van der Waals surface area (Å²) in [5.74, 6) is -1.27. The van der Waals surface area contributed by atoms with Crippen molar-refractivity contribution >= 4 is 29.3 Å². The van der Waals surface area contributed by atoms with Gasteiger partial charge in [0.15, 0.2) is 0 Å². The summed E-state index contributed by atoms with van der Waals surface area (Å²) in [6.07, 6.45) is -2.03. The second kappa shape index (κ2) is 9.36. The number of nitrogens with zero attached hydrogens (tertiary/aromatic N) is 1. The molecule has 30 heavy (non-hydrogen) atoms. The van der Waals surface area contributed by atoms with E-state index in [4.69, 9.17) is 9.84 Å². The number of aliphatic carboxylic acids is 1. The van der Waals surface area contributed by atoms with Gasteiger partial charge in [-0.3, -0.25) is 4.79 Å². The van der Waals surface area contributed by atoms with Gasteiger partial charge in [-0.2, -0.15) is 13.2 Å². The Labute approximate surface area is 175 Å². The van der Waals surface area contributed by atoms with E-state index in [1.165, 1.54) is 28.8 Å². The van der Waals surface area contributed by atoms with Gasteiger partial charge in [0.2, 0.25) is 0 Å². The Morgan fingerprint density at radius 2 is 1.93 bits per heavy atom. The van der Waals surface area contributed by atoms with E-state index in [0.717, 1.165) is 22.6 Å².